The number of rotatable bonds is 6. The van der Waals surface area contributed by atoms with E-state index in [1.165, 1.54) is 13.3 Å². The molecule has 0 spiro atoms. The van der Waals surface area contributed by atoms with Crippen LogP contribution in [0.3, 0.4) is 0 Å². The van der Waals surface area contributed by atoms with Crippen molar-refractivity contribution in [2.24, 2.45) is 5.92 Å². The van der Waals surface area contributed by atoms with Gasteiger partial charge in [0.2, 0.25) is 0 Å². The van der Waals surface area contributed by atoms with E-state index in [9.17, 15) is 4.79 Å². The minimum atomic E-state index is -0.900. The highest BCUT2D eigenvalue weighted by atomic mass is 32.2. The average Bonchev–Trinajstić information content (AvgIpc) is 1.95. The zero-order chi connectivity index (χ0) is 11.2. The smallest absolute Gasteiger partial charge is 0.304 e. The van der Waals surface area contributed by atoms with Gasteiger partial charge in [-0.1, -0.05) is 26.7 Å². The molecule has 0 rings (SSSR count). The van der Waals surface area contributed by atoms with E-state index in [1.807, 2.05) is 0 Å². The maximum atomic E-state index is 10.7. The highest BCUT2D eigenvalue weighted by Gasteiger charge is 2.22. The van der Waals surface area contributed by atoms with Crippen LogP contribution in [0.4, 0.5) is 0 Å². The molecule has 0 aromatic carbocycles. The number of hydrogen-bond acceptors (Lipinski definition) is 4. The molecular weight excluding hydrogens is 216 g/mol. The normalized spacial score (nSPS) is 11.9. The summed E-state index contributed by atoms with van der Waals surface area (Å²) in [6.07, 6.45) is 3.99. The van der Waals surface area contributed by atoms with E-state index in [0.717, 1.165) is 18.8 Å². The first-order chi connectivity index (χ1) is 6.33. The van der Waals surface area contributed by atoms with E-state index in [1.54, 1.807) is 0 Å². The summed E-state index contributed by atoms with van der Waals surface area (Å²) >= 11 is 8.34. The molecule has 0 unspecified atom stereocenters. The fourth-order valence-corrected chi connectivity index (χ4v) is 1.76. The van der Waals surface area contributed by atoms with E-state index < -0.39 is 4.27 Å². The number of unbranched alkanes of at least 4 members (excludes halogenated alkanes) is 1. The van der Waals surface area contributed by atoms with Crippen LogP contribution in [0.2, 0.25) is 0 Å². The van der Waals surface area contributed by atoms with Gasteiger partial charge in [-0.3, -0.25) is 4.79 Å². The third-order valence-corrected chi connectivity index (χ3v) is 2.47. The summed E-state index contributed by atoms with van der Waals surface area (Å²) in [6.45, 7) is 5.76. The molecule has 0 atom stereocenters. The van der Waals surface area contributed by atoms with Crippen LogP contribution in [0.1, 0.15) is 46.5 Å². The minimum absolute atomic E-state index is 0.334. The summed E-state index contributed by atoms with van der Waals surface area (Å²) in [5.41, 5.74) is 0. The number of esters is 1. The number of carbonyl (C=O) groups is 1. The van der Waals surface area contributed by atoms with Crippen LogP contribution in [-0.2, 0) is 9.53 Å². The molecule has 0 saturated carbocycles. The predicted octanol–water partition coefficient (Wildman–Crippen LogP) is 3.28. The Labute approximate surface area is 97.6 Å². The molecule has 0 aliphatic rings. The van der Waals surface area contributed by atoms with Crippen molar-refractivity contribution in [3.8, 4) is 0 Å². The summed E-state index contributed by atoms with van der Waals surface area (Å²) in [6, 6.07) is 0. The molecule has 0 N–H and O–H groups in total. The lowest BCUT2D eigenvalue weighted by molar-refractivity contribution is -0.144. The molecule has 84 valence electrons. The molecule has 0 aromatic rings. The quantitative estimate of drug-likeness (QED) is 0.320. The van der Waals surface area contributed by atoms with Crippen molar-refractivity contribution in [3.05, 3.63) is 0 Å². The van der Waals surface area contributed by atoms with Crippen LogP contribution in [0.5, 0.6) is 0 Å². The highest BCUT2D eigenvalue weighted by molar-refractivity contribution is 8.00. The minimum Gasteiger partial charge on any atom is -0.439 e. The number of thiol groups is 2. The van der Waals surface area contributed by atoms with Crippen molar-refractivity contribution in [1.29, 1.82) is 0 Å². The van der Waals surface area contributed by atoms with E-state index in [0.29, 0.717) is 6.42 Å². The van der Waals surface area contributed by atoms with Gasteiger partial charge in [0.05, 0.1) is 0 Å². The second-order valence-electron chi connectivity index (χ2n) is 3.98. The largest absolute Gasteiger partial charge is 0.439 e. The molecule has 4 heteroatoms. The molecule has 14 heavy (non-hydrogen) atoms. The zero-order valence-electron chi connectivity index (χ0n) is 9.12. The second-order valence-corrected chi connectivity index (χ2v) is 5.77. The van der Waals surface area contributed by atoms with E-state index in [4.69, 9.17) is 4.74 Å². The maximum Gasteiger partial charge on any atom is 0.304 e. The van der Waals surface area contributed by atoms with Crippen molar-refractivity contribution in [2.45, 2.75) is 50.7 Å². The summed E-state index contributed by atoms with van der Waals surface area (Å²) in [4.78, 5) is 10.7. The fourth-order valence-electron chi connectivity index (χ4n) is 1.19. The Hall–Kier alpha value is 0.170. The lowest BCUT2D eigenvalue weighted by atomic mass is 10.1. The van der Waals surface area contributed by atoms with E-state index >= 15 is 0 Å². The Kier molecular flexibility index (Phi) is 6.70. The maximum absolute atomic E-state index is 10.7. The SMILES string of the molecule is CC(=O)OC(S)(S)CCCCC(C)C. The summed E-state index contributed by atoms with van der Waals surface area (Å²) in [7, 11) is 0. The van der Waals surface area contributed by atoms with Crippen LogP contribution in [0.15, 0.2) is 0 Å². The molecule has 0 heterocycles. The summed E-state index contributed by atoms with van der Waals surface area (Å²) < 4.78 is 4.03. The van der Waals surface area contributed by atoms with Crippen LogP contribution in [0.25, 0.3) is 0 Å². The monoisotopic (exact) mass is 236 g/mol. The first-order valence-electron chi connectivity index (χ1n) is 4.98. The van der Waals surface area contributed by atoms with E-state index in [2.05, 4.69) is 39.1 Å². The van der Waals surface area contributed by atoms with Gasteiger partial charge < -0.3 is 4.74 Å². The Morgan fingerprint density at radius 2 is 1.93 bits per heavy atom. The first kappa shape index (κ1) is 14.2. The lowest BCUT2D eigenvalue weighted by Crippen LogP contribution is -2.21. The first-order valence-corrected chi connectivity index (χ1v) is 5.87. The van der Waals surface area contributed by atoms with Gasteiger partial charge in [-0.2, -0.15) is 0 Å². The molecule has 0 fully saturated rings. The number of carbonyl (C=O) groups excluding carboxylic acids is 1. The van der Waals surface area contributed by atoms with Gasteiger partial charge in [-0.05, 0) is 12.3 Å². The number of ether oxygens (including phenoxy) is 1. The van der Waals surface area contributed by atoms with Crippen molar-refractivity contribution >= 4 is 31.2 Å². The van der Waals surface area contributed by atoms with Gasteiger partial charge in [0.1, 0.15) is 0 Å². The van der Waals surface area contributed by atoms with Gasteiger partial charge in [0, 0.05) is 13.3 Å². The predicted molar refractivity (Wildman–Crippen MR) is 65.8 cm³/mol. The van der Waals surface area contributed by atoms with Crippen LogP contribution >= 0.6 is 25.3 Å². The van der Waals surface area contributed by atoms with Crippen molar-refractivity contribution in [1.82, 2.24) is 0 Å². The molecule has 0 aliphatic heterocycles. The molecule has 0 aliphatic carbocycles. The molecule has 0 saturated heterocycles. The Morgan fingerprint density at radius 1 is 1.36 bits per heavy atom. The third kappa shape index (κ3) is 8.75. The topological polar surface area (TPSA) is 26.3 Å². The van der Waals surface area contributed by atoms with Gasteiger partial charge in [-0.25, -0.2) is 0 Å². The Morgan fingerprint density at radius 3 is 2.36 bits per heavy atom. The standard InChI is InChI=1S/C10H20O2S2/c1-8(2)6-4-5-7-10(13,14)12-9(3)11/h8,13-14H,4-7H2,1-3H3. The van der Waals surface area contributed by atoms with Gasteiger partial charge in [0.25, 0.3) is 0 Å². The lowest BCUT2D eigenvalue weighted by Gasteiger charge is -2.22. The molecule has 0 amide bonds. The molecule has 0 bridgehead atoms. The van der Waals surface area contributed by atoms with Gasteiger partial charge >= 0.3 is 5.97 Å². The van der Waals surface area contributed by atoms with Crippen LogP contribution in [-0.4, -0.2) is 10.2 Å². The van der Waals surface area contributed by atoms with Gasteiger partial charge in [-0.15, -0.1) is 25.3 Å². The highest BCUT2D eigenvalue weighted by Crippen LogP contribution is 2.28. The van der Waals surface area contributed by atoms with Crippen LogP contribution in [0, 0.1) is 5.92 Å². The Bertz CT molecular complexity index is 179. The van der Waals surface area contributed by atoms with Crippen molar-refractivity contribution in [3.63, 3.8) is 0 Å². The molecular formula is C10H20O2S2. The molecule has 2 nitrogen and oxygen atoms in total. The van der Waals surface area contributed by atoms with Crippen molar-refractivity contribution in [2.75, 3.05) is 0 Å². The molecule has 0 aromatic heterocycles. The Balaban J connectivity index is 3.60. The summed E-state index contributed by atoms with van der Waals surface area (Å²) in [5, 5.41) is 0. The third-order valence-electron chi connectivity index (χ3n) is 1.84. The van der Waals surface area contributed by atoms with Gasteiger partial charge in [0.15, 0.2) is 4.27 Å². The van der Waals surface area contributed by atoms with Crippen LogP contribution < -0.4 is 0 Å². The molecule has 0 radical (unpaired) electrons. The van der Waals surface area contributed by atoms with Crippen molar-refractivity contribution < 1.29 is 9.53 Å². The van der Waals surface area contributed by atoms with E-state index in [-0.39, 0.29) is 5.97 Å². The second kappa shape index (κ2) is 6.62. The fraction of sp³-hybridized carbons (Fsp3) is 0.900. The summed E-state index contributed by atoms with van der Waals surface area (Å²) in [5.74, 6) is 0.386. The average molecular weight is 236 g/mol. The number of hydrogen-bond donors (Lipinski definition) is 2. The zero-order valence-corrected chi connectivity index (χ0v) is 10.9.